The van der Waals surface area contributed by atoms with Gasteiger partial charge in [0.25, 0.3) is 5.91 Å². The molecule has 0 unspecified atom stereocenters. The zero-order chi connectivity index (χ0) is 18.7. The number of aromatic nitrogens is 3. The molecule has 0 bridgehead atoms. The summed E-state index contributed by atoms with van der Waals surface area (Å²) in [6.07, 6.45) is 1.89. The highest BCUT2D eigenvalue weighted by molar-refractivity contribution is 7.13. The molecule has 0 aliphatic rings. The van der Waals surface area contributed by atoms with Crippen LogP contribution in [-0.4, -0.2) is 26.6 Å². The van der Waals surface area contributed by atoms with Crippen molar-refractivity contribution >= 4 is 34.0 Å². The number of rotatable bonds is 5. The van der Waals surface area contributed by atoms with Gasteiger partial charge in [-0.05, 0) is 38.1 Å². The first-order chi connectivity index (χ1) is 12.4. The molecule has 0 fully saturated rings. The average Bonchev–Trinajstić information content (AvgIpc) is 3.19. The highest BCUT2D eigenvalue weighted by Crippen LogP contribution is 2.16. The van der Waals surface area contributed by atoms with Gasteiger partial charge in [-0.2, -0.15) is 5.10 Å². The highest BCUT2D eigenvalue weighted by atomic mass is 32.1. The van der Waals surface area contributed by atoms with Crippen LogP contribution in [0.15, 0.2) is 35.8 Å². The Labute approximate surface area is 155 Å². The Morgan fingerprint density at radius 2 is 1.88 bits per heavy atom. The van der Waals surface area contributed by atoms with Gasteiger partial charge < -0.3 is 5.32 Å². The predicted octanol–water partition coefficient (Wildman–Crippen LogP) is 2.93. The van der Waals surface area contributed by atoms with Crippen molar-refractivity contribution < 1.29 is 9.59 Å². The zero-order valence-corrected chi connectivity index (χ0v) is 15.6. The summed E-state index contributed by atoms with van der Waals surface area (Å²) in [5.74, 6) is -0.358. The quantitative estimate of drug-likeness (QED) is 0.724. The number of aryl methyl sites for hydroxylation is 2. The first-order valence-corrected chi connectivity index (χ1v) is 8.92. The summed E-state index contributed by atoms with van der Waals surface area (Å²) in [6, 6.07) is 6.74. The number of amides is 2. The number of carbonyl (C=O) groups is 2. The van der Waals surface area contributed by atoms with E-state index in [-0.39, 0.29) is 18.2 Å². The minimum absolute atomic E-state index is 0.121. The van der Waals surface area contributed by atoms with E-state index in [9.17, 15) is 9.59 Å². The van der Waals surface area contributed by atoms with Crippen LogP contribution >= 0.6 is 11.3 Å². The topological polar surface area (TPSA) is 88.9 Å². The third-order valence-corrected chi connectivity index (χ3v) is 4.77. The van der Waals surface area contributed by atoms with E-state index >= 15 is 0 Å². The van der Waals surface area contributed by atoms with Gasteiger partial charge >= 0.3 is 0 Å². The molecule has 0 spiro atoms. The molecule has 0 aliphatic carbocycles. The molecule has 8 heteroatoms. The summed E-state index contributed by atoms with van der Waals surface area (Å²) in [5.41, 5.74) is 3.91. The molecule has 2 N–H and O–H groups in total. The molecule has 0 saturated heterocycles. The van der Waals surface area contributed by atoms with E-state index in [1.807, 2.05) is 20.9 Å². The van der Waals surface area contributed by atoms with Crippen LogP contribution in [-0.2, 0) is 18.3 Å². The SMILES string of the molecule is Cc1nn(C)c(C)c1CC(=O)Nc1ccc(C(=O)Nc2nccs2)cc1. The average molecular weight is 369 g/mol. The summed E-state index contributed by atoms with van der Waals surface area (Å²) in [6.45, 7) is 3.84. The van der Waals surface area contributed by atoms with Gasteiger partial charge in [0.2, 0.25) is 5.91 Å². The number of carbonyl (C=O) groups excluding carboxylic acids is 2. The van der Waals surface area contributed by atoms with Crippen molar-refractivity contribution in [2.45, 2.75) is 20.3 Å². The highest BCUT2D eigenvalue weighted by Gasteiger charge is 2.14. The lowest BCUT2D eigenvalue weighted by molar-refractivity contribution is -0.115. The van der Waals surface area contributed by atoms with Crippen LogP contribution in [0.25, 0.3) is 0 Å². The minimum atomic E-state index is -0.237. The summed E-state index contributed by atoms with van der Waals surface area (Å²) in [7, 11) is 1.86. The Bertz CT molecular complexity index is 929. The second kappa shape index (κ2) is 7.49. The molecular weight excluding hydrogens is 350 g/mol. The van der Waals surface area contributed by atoms with E-state index in [2.05, 4.69) is 20.7 Å². The van der Waals surface area contributed by atoms with Gasteiger partial charge in [0.05, 0.1) is 12.1 Å². The molecule has 7 nitrogen and oxygen atoms in total. The van der Waals surface area contributed by atoms with E-state index in [0.717, 1.165) is 17.0 Å². The second-order valence-corrected chi connectivity index (χ2v) is 6.76. The third kappa shape index (κ3) is 3.97. The van der Waals surface area contributed by atoms with Gasteiger partial charge in [-0.15, -0.1) is 11.3 Å². The minimum Gasteiger partial charge on any atom is -0.326 e. The standard InChI is InChI=1S/C18H19N5O2S/c1-11-15(12(2)23(3)22-11)10-16(24)20-14-6-4-13(5-7-14)17(25)21-18-19-8-9-26-18/h4-9H,10H2,1-3H3,(H,20,24)(H,19,21,25). The van der Waals surface area contributed by atoms with Crippen molar-refractivity contribution in [2.24, 2.45) is 7.05 Å². The molecule has 2 amide bonds. The maximum absolute atomic E-state index is 12.3. The molecule has 0 saturated carbocycles. The lowest BCUT2D eigenvalue weighted by Crippen LogP contribution is -2.16. The maximum Gasteiger partial charge on any atom is 0.257 e. The van der Waals surface area contributed by atoms with Crippen LogP contribution in [0.3, 0.4) is 0 Å². The first kappa shape index (κ1) is 17.8. The molecular formula is C18H19N5O2S. The molecule has 3 rings (SSSR count). The smallest absolute Gasteiger partial charge is 0.257 e. The Morgan fingerprint density at radius 1 is 1.15 bits per heavy atom. The van der Waals surface area contributed by atoms with Crippen LogP contribution in [0.1, 0.15) is 27.3 Å². The number of benzene rings is 1. The van der Waals surface area contributed by atoms with E-state index in [1.165, 1.54) is 11.3 Å². The van der Waals surface area contributed by atoms with Gasteiger partial charge in [0.15, 0.2) is 5.13 Å². The molecule has 2 heterocycles. The largest absolute Gasteiger partial charge is 0.326 e. The number of nitrogens with one attached hydrogen (secondary N) is 2. The van der Waals surface area contributed by atoms with E-state index in [0.29, 0.717) is 16.4 Å². The van der Waals surface area contributed by atoms with Crippen molar-refractivity contribution in [1.29, 1.82) is 0 Å². The Balaban J connectivity index is 1.61. The van der Waals surface area contributed by atoms with Crippen molar-refractivity contribution in [1.82, 2.24) is 14.8 Å². The first-order valence-electron chi connectivity index (χ1n) is 8.04. The summed E-state index contributed by atoms with van der Waals surface area (Å²) in [5, 5.41) is 12.2. The molecule has 0 radical (unpaired) electrons. The van der Waals surface area contributed by atoms with Crippen molar-refractivity contribution in [3.8, 4) is 0 Å². The van der Waals surface area contributed by atoms with Crippen molar-refractivity contribution in [3.05, 3.63) is 58.4 Å². The van der Waals surface area contributed by atoms with Crippen molar-refractivity contribution in [2.75, 3.05) is 10.6 Å². The number of anilines is 2. The fourth-order valence-corrected chi connectivity index (χ4v) is 3.12. The van der Waals surface area contributed by atoms with Crippen LogP contribution in [0.2, 0.25) is 0 Å². The molecule has 1 aromatic carbocycles. The molecule has 2 aromatic heterocycles. The molecule has 134 valence electrons. The third-order valence-electron chi connectivity index (χ3n) is 4.08. The van der Waals surface area contributed by atoms with Gasteiger partial charge in [0.1, 0.15) is 0 Å². The number of nitrogens with zero attached hydrogens (tertiary/aromatic N) is 3. The Hall–Kier alpha value is -3.00. The van der Waals surface area contributed by atoms with Crippen LogP contribution in [0.4, 0.5) is 10.8 Å². The van der Waals surface area contributed by atoms with Crippen LogP contribution in [0, 0.1) is 13.8 Å². The fraction of sp³-hybridized carbons (Fsp3) is 0.222. The monoisotopic (exact) mass is 369 g/mol. The van der Waals surface area contributed by atoms with Crippen molar-refractivity contribution in [3.63, 3.8) is 0 Å². The van der Waals surface area contributed by atoms with Gasteiger partial charge in [0, 0.05) is 41.1 Å². The van der Waals surface area contributed by atoms with Gasteiger partial charge in [-0.3, -0.25) is 19.6 Å². The summed E-state index contributed by atoms with van der Waals surface area (Å²) < 4.78 is 1.77. The van der Waals surface area contributed by atoms with Gasteiger partial charge in [-0.25, -0.2) is 4.98 Å². The normalized spacial score (nSPS) is 10.6. The van der Waals surface area contributed by atoms with Crippen LogP contribution < -0.4 is 10.6 Å². The molecule has 0 aliphatic heterocycles. The number of thiazole rings is 1. The maximum atomic E-state index is 12.3. The van der Waals surface area contributed by atoms with E-state index in [1.54, 1.807) is 40.5 Å². The second-order valence-electron chi connectivity index (χ2n) is 5.87. The number of hydrogen-bond acceptors (Lipinski definition) is 5. The molecule has 3 aromatic rings. The Morgan fingerprint density at radius 3 is 2.46 bits per heavy atom. The predicted molar refractivity (Wildman–Crippen MR) is 102 cm³/mol. The van der Waals surface area contributed by atoms with Crippen LogP contribution in [0.5, 0.6) is 0 Å². The fourth-order valence-electron chi connectivity index (χ4n) is 2.60. The van der Waals surface area contributed by atoms with Gasteiger partial charge in [-0.1, -0.05) is 0 Å². The lowest BCUT2D eigenvalue weighted by Gasteiger charge is -2.07. The summed E-state index contributed by atoms with van der Waals surface area (Å²) >= 11 is 1.36. The van der Waals surface area contributed by atoms with E-state index < -0.39 is 0 Å². The zero-order valence-electron chi connectivity index (χ0n) is 14.7. The van der Waals surface area contributed by atoms with E-state index in [4.69, 9.17) is 0 Å². The molecule has 0 atom stereocenters. The number of hydrogen-bond donors (Lipinski definition) is 2. The lowest BCUT2D eigenvalue weighted by atomic mass is 10.1. The molecule has 26 heavy (non-hydrogen) atoms. The summed E-state index contributed by atoms with van der Waals surface area (Å²) in [4.78, 5) is 28.4. The Kier molecular flexibility index (Phi) is 5.13.